The van der Waals surface area contributed by atoms with E-state index in [1.807, 2.05) is 0 Å². The van der Waals surface area contributed by atoms with Gasteiger partial charge in [-0.05, 0) is 19.1 Å². The first kappa shape index (κ1) is 17.6. The summed E-state index contributed by atoms with van der Waals surface area (Å²) in [6, 6.07) is 7.39. The average Bonchev–Trinajstić information content (AvgIpc) is 2.56. The molecule has 24 heavy (non-hydrogen) atoms. The molecule has 2 aromatic rings. The zero-order valence-corrected chi connectivity index (χ0v) is 13.2. The second-order valence-electron chi connectivity index (χ2n) is 4.48. The van der Waals surface area contributed by atoms with Gasteiger partial charge < -0.3 is 10.2 Å². The second kappa shape index (κ2) is 7.71. The molecule has 2 rings (SSSR count). The summed E-state index contributed by atoms with van der Waals surface area (Å²) in [5.41, 5.74) is -0.850. The molecule has 0 saturated heterocycles. The lowest BCUT2D eigenvalue weighted by molar-refractivity contribution is -0.385. The molecule has 0 aliphatic rings. The quantitative estimate of drug-likeness (QED) is 0.481. The molecule has 0 aliphatic heterocycles. The summed E-state index contributed by atoms with van der Waals surface area (Å²) in [6.07, 6.45) is 0. The Morgan fingerprint density at radius 3 is 2.75 bits per heavy atom. The van der Waals surface area contributed by atoms with Crippen LogP contribution in [0.2, 0.25) is 5.02 Å². The molecule has 0 aliphatic carbocycles. The predicted molar refractivity (Wildman–Crippen MR) is 84.7 cm³/mol. The van der Waals surface area contributed by atoms with Gasteiger partial charge in [-0.15, -0.1) is 0 Å². The fourth-order valence-electron chi connectivity index (χ4n) is 1.83. The van der Waals surface area contributed by atoms with Crippen LogP contribution in [0.3, 0.4) is 0 Å². The number of benzene rings is 2. The molecule has 0 aromatic heterocycles. The fraction of sp³-hybridized carbons (Fsp3) is 0.133. The number of hydrogen-bond donors (Lipinski definition) is 1. The third-order valence-corrected chi connectivity index (χ3v) is 3.18. The Balaban J connectivity index is 2.31. The van der Waals surface area contributed by atoms with Crippen LogP contribution in [0.25, 0.3) is 0 Å². The Morgan fingerprint density at radius 2 is 2.08 bits per heavy atom. The maximum atomic E-state index is 14.0. The van der Waals surface area contributed by atoms with Gasteiger partial charge in [-0.25, -0.2) is 4.39 Å². The SMILES string of the molecule is CCOOc1cc(NC(=O)c2ccccc2[N+](=O)[O-])c(F)cc1Cl. The molecular weight excluding hydrogens is 343 g/mol. The topological polar surface area (TPSA) is 90.7 Å². The van der Waals surface area contributed by atoms with Crippen molar-refractivity contribution in [1.82, 2.24) is 0 Å². The third kappa shape index (κ3) is 3.98. The van der Waals surface area contributed by atoms with Gasteiger partial charge in [0.05, 0.1) is 22.2 Å². The standard InChI is InChI=1S/C15H12ClFN2O5/c1-2-23-24-14-8-12(11(17)7-10(14)16)18-15(20)9-5-3-4-6-13(9)19(21)22/h3-8H,2H2,1H3,(H,18,20). The summed E-state index contributed by atoms with van der Waals surface area (Å²) >= 11 is 5.81. The van der Waals surface area contributed by atoms with E-state index in [4.69, 9.17) is 21.4 Å². The number of anilines is 1. The van der Waals surface area contributed by atoms with E-state index in [0.717, 1.165) is 12.1 Å². The van der Waals surface area contributed by atoms with Crippen LogP contribution in [-0.4, -0.2) is 17.4 Å². The number of carbonyl (C=O) groups is 1. The molecule has 126 valence electrons. The fourth-order valence-corrected chi connectivity index (χ4v) is 2.01. The van der Waals surface area contributed by atoms with E-state index in [9.17, 15) is 19.3 Å². The average molecular weight is 355 g/mol. The van der Waals surface area contributed by atoms with E-state index in [2.05, 4.69) is 5.32 Å². The highest BCUT2D eigenvalue weighted by Gasteiger charge is 2.21. The molecule has 0 atom stereocenters. The highest BCUT2D eigenvalue weighted by atomic mass is 35.5. The van der Waals surface area contributed by atoms with E-state index in [0.29, 0.717) is 0 Å². The van der Waals surface area contributed by atoms with Crippen LogP contribution in [-0.2, 0) is 4.89 Å². The first-order chi connectivity index (χ1) is 11.4. The monoisotopic (exact) mass is 354 g/mol. The molecule has 2 aromatic carbocycles. The van der Waals surface area contributed by atoms with Crippen LogP contribution >= 0.6 is 11.6 Å². The van der Waals surface area contributed by atoms with Crippen LogP contribution in [0, 0.1) is 15.9 Å². The van der Waals surface area contributed by atoms with Gasteiger partial charge in [-0.2, -0.15) is 4.89 Å². The third-order valence-electron chi connectivity index (χ3n) is 2.88. The van der Waals surface area contributed by atoms with Crippen molar-refractivity contribution < 1.29 is 23.9 Å². The number of para-hydroxylation sites is 1. The Kier molecular flexibility index (Phi) is 5.67. The summed E-state index contributed by atoms with van der Waals surface area (Å²) in [6.45, 7) is 1.90. The van der Waals surface area contributed by atoms with Crippen molar-refractivity contribution in [2.24, 2.45) is 0 Å². The van der Waals surface area contributed by atoms with Gasteiger partial charge in [-0.3, -0.25) is 14.9 Å². The van der Waals surface area contributed by atoms with Gasteiger partial charge in [0.15, 0.2) is 5.75 Å². The molecule has 0 fully saturated rings. The highest BCUT2D eigenvalue weighted by molar-refractivity contribution is 6.32. The number of nitrogens with zero attached hydrogens (tertiary/aromatic N) is 1. The van der Waals surface area contributed by atoms with Crippen molar-refractivity contribution in [3.05, 3.63) is 62.9 Å². The largest absolute Gasteiger partial charge is 0.336 e. The van der Waals surface area contributed by atoms with Gasteiger partial charge >= 0.3 is 0 Å². The summed E-state index contributed by atoms with van der Waals surface area (Å²) < 4.78 is 14.0. The number of nitrogens with one attached hydrogen (secondary N) is 1. The molecule has 1 amide bonds. The van der Waals surface area contributed by atoms with E-state index in [-0.39, 0.29) is 28.6 Å². The summed E-state index contributed by atoms with van der Waals surface area (Å²) in [5.74, 6) is -1.67. The number of halogens is 2. The van der Waals surface area contributed by atoms with Crippen LogP contribution in [0.5, 0.6) is 5.75 Å². The van der Waals surface area contributed by atoms with Crippen LogP contribution in [0.15, 0.2) is 36.4 Å². The summed E-state index contributed by atoms with van der Waals surface area (Å²) in [4.78, 5) is 32.1. The molecular formula is C15H12ClFN2O5. The number of nitro groups is 1. The Hall–Kier alpha value is -2.71. The minimum absolute atomic E-state index is 0.00206. The lowest BCUT2D eigenvalue weighted by atomic mass is 10.1. The van der Waals surface area contributed by atoms with E-state index in [1.165, 1.54) is 24.3 Å². The normalized spacial score (nSPS) is 10.3. The lowest BCUT2D eigenvalue weighted by Crippen LogP contribution is -2.15. The van der Waals surface area contributed by atoms with Crippen molar-refractivity contribution in [3.8, 4) is 5.75 Å². The van der Waals surface area contributed by atoms with Crippen molar-refractivity contribution in [3.63, 3.8) is 0 Å². The second-order valence-corrected chi connectivity index (χ2v) is 4.89. The smallest absolute Gasteiger partial charge is 0.282 e. The Bertz CT molecular complexity index is 784. The van der Waals surface area contributed by atoms with Crippen molar-refractivity contribution in [2.75, 3.05) is 11.9 Å². The van der Waals surface area contributed by atoms with Gasteiger partial charge in [0.25, 0.3) is 11.6 Å². The first-order valence-corrected chi connectivity index (χ1v) is 7.15. The zero-order chi connectivity index (χ0) is 17.7. The molecule has 0 radical (unpaired) electrons. The Labute approximate surface area is 141 Å². The van der Waals surface area contributed by atoms with Crippen LogP contribution in [0.4, 0.5) is 15.8 Å². The van der Waals surface area contributed by atoms with Crippen molar-refractivity contribution >= 4 is 28.9 Å². The first-order valence-electron chi connectivity index (χ1n) is 6.77. The van der Waals surface area contributed by atoms with Crippen molar-refractivity contribution in [2.45, 2.75) is 6.92 Å². The summed E-state index contributed by atoms with van der Waals surface area (Å²) in [5, 5.41) is 13.2. The number of carbonyl (C=O) groups excluding carboxylic acids is 1. The Morgan fingerprint density at radius 1 is 1.38 bits per heavy atom. The van der Waals surface area contributed by atoms with Gasteiger partial charge in [0, 0.05) is 12.1 Å². The highest BCUT2D eigenvalue weighted by Crippen LogP contribution is 2.31. The van der Waals surface area contributed by atoms with E-state index >= 15 is 0 Å². The molecule has 1 N–H and O–H groups in total. The maximum Gasteiger partial charge on any atom is 0.282 e. The van der Waals surface area contributed by atoms with Crippen molar-refractivity contribution in [1.29, 1.82) is 0 Å². The molecule has 0 heterocycles. The number of hydrogen-bond acceptors (Lipinski definition) is 5. The van der Waals surface area contributed by atoms with Gasteiger partial charge in [0.1, 0.15) is 11.4 Å². The minimum atomic E-state index is -0.842. The molecule has 0 unspecified atom stereocenters. The molecule has 7 nitrogen and oxygen atoms in total. The van der Waals surface area contributed by atoms with Crippen LogP contribution in [0.1, 0.15) is 17.3 Å². The number of nitro benzene ring substituents is 1. The van der Waals surface area contributed by atoms with E-state index in [1.54, 1.807) is 6.92 Å². The molecule has 0 bridgehead atoms. The number of amides is 1. The zero-order valence-electron chi connectivity index (χ0n) is 12.4. The van der Waals surface area contributed by atoms with E-state index < -0.39 is 22.3 Å². The number of rotatable bonds is 6. The minimum Gasteiger partial charge on any atom is -0.336 e. The summed E-state index contributed by atoms with van der Waals surface area (Å²) in [7, 11) is 0. The lowest BCUT2D eigenvalue weighted by Gasteiger charge is -2.10. The maximum absolute atomic E-state index is 14.0. The van der Waals surface area contributed by atoms with Crippen LogP contribution < -0.4 is 10.2 Å². The molecule has 0 saturated carbocycles. The van der Waals surface area contributed by atoms with Gasteiger partial charge in [0.2, 0.25) is 0 Å². The van der Waals surface area contributed by atoms with Gasteiger partial charge in [-0.1, -0.05) is 23.7 Å². The molecule has 9 heteroatoms. The predicted octanol–water partition coefficient (Wildman–Crippen LogP) is 3.97. The molecule has 0 spiro atoms.